The first kappa shape index (κ1) is 13.5. The predicted molar refractivity (Wildman–Crippen MR) is 66.2 cm³/mol. The Morgan fingerprint density at radius 1 is 1.39 bits per heavy atom. The Labute approximate surface area is 109 Å². The van der Waals surface area contributed by atoms with Gasteiger partial charge in [-0.25, -0.2) is 18.0 Å². The normalized spacial score (nSPS) is 30.3. The number of amides is 2. The summed E-state index contributed by atoms with van der Waals surface area (Å²) in [6.45, 7) is 0. The molecule has 102 valence electrons. The van der Waals surface area contributed by atoms with Gasteiger partial charge in [0.2, 0.25) is 0 Å². The van der Waals surface area contributed by atoms with Crippen LogP contribution >= 0.6 is 11.8 Å². The van der Waals surface area contributed by atoms with Crippen LogP contribution in [0.5, 0.6) is 0 Å². The van der Waals surface area contributed by atoms with E-state index in [1.807, 2.05) is 0 Å². The van der Waals surface area contributed by atoms with Gasteiger partial charge in [0.25, 0.3) is 0 Å². The fourth-order valence-electron chi connectivity index (χ4n) is 2.01. The molecule has 0 aromatic heterocycles. The SMILES string of the molecule is O=C(O)C1CSCN1C(=O)NC1CCS(=O)(=O)C1. The van der Waals surface area contributed by atoms with Crippen molar-refractivity contribution in [1.29, 1.82) is 0 Å². The molecule has 0 spiro atoms. The molecule has 0 saturated carbocycles. The molecule has 0 radical (unpaired) electrons. The Balaban J connectivity index is 1.94. The monoisotopic (exact) mass is 294 g/mol. The smallest absolute Gasteiger partial charge is 0.327 e. The van der Waals surface area contributed by atoms with Gasteiger partial charge in [0.15, 0.2) is 9.84 Å². The number of hydrogen-bond donors (Lipinski definition) is 2. The zero-order valence-corrected chi connectivity index (χ0v) is 11.2. The van der Waals surface area contributed by atoms with E-state index in [0.717, 1.165) is 0 Å². The summed E-state index contributed by atoms with van der Waals surface area (Å²) in [5.74, 6) is -0.324. The second kappa shape index (κ2) is 4.96. The second-order valence-electron chi connectivity index (χ2n) is 4.37. The van der Waals surface area contributed by atoms with E-state index in [9.17, 15) is 18.0 Å². The van der Waals surface area contributed by atoms with E-state index in [0.29, 0.717) is 18.1 Å². The summed E-state index contributed by atoms with van der Waals surface area (Å²) >= 11 is 1.37. The number of urea groups is 1. The van der Waals surface area contributed by atoms with Gasteiger partial charge in [-0.15, -0.1) is 11.8 Å². The summed E-state index contributed by atoms with van der Waals surface area (Å²) in [5, 5.41) is 11.5. The van der Waals surface area contributed by atoms with Crippen molar-refractivity contribution >= 4 is 33.6 Å². The summed E-state index contributed by atoms with van der Waals surface area (Å²) in [4.78, 5) is 24.0. The number of carboxylic acid groups (broad SMARTS) is 1. The van der Waals surface area contributed by atoms with Crippen molar-refractivity contribution in [2.75, 3.05) is 23.1 Å². The average Bonchev–Trinajstić information content (AvgIpc) is 2.84. The lowest BCUT2D eigenvalue weighted by atomic mass is 10.2. The van der Waals surface area contributed by atoms with Crippen molar-refractivity contribution in [3.8, 4) is 0 Å². The molecule has 2 aliphatic rings. The van der Waals surface area contributed by atoms with E-state index < -0.39 is 33.9 Å². The fourth-order valence-corrected chi connectivity index (χ4v) is 4.83. The molecular weight excluding hydrogens is 280 g/mol. The van der Waals surface area contributed by atoms with Gasteiger partial charge < -0.3 is 15.3 Å². The van der Waals surface area contributed by atoms with Crippen LogP contribution in [0.15, 0.2) is 0 Å². The highest BCUT2D eigenvalue weighted by Crippen LogP contribution is 2.21. The lowest BCUT2D eigenvalue weighted by Crippen LogP contribution is -2.50. The highest BCUT2D eigenvalue weighted by Gasteiger charge is 2.37. The number of rotatable bonds is 2. The van der Waals surface area contributed by atoms with Crippen molar-refractivity contribution in [1.82, 2.24) is 10.2 Å². The van der Waals surface area contributed by atoms with Gasteiger partial charge in [0.05, 0.1) is 17.4 Å². The van der Waals surface area contributed by atoms with E-state index in [1.54, 1.807) is 0 Å². The standard InChI is InChI=1S/C9H14N2O5S2/c12-8(13)7-3-17-5-11(7)9(14)10-6-1-2-18(15,16)4-6/h6-7H,1-5H2,(H,10,14)(H,12,13). The highest BCUT2D eigenvalue weighted by molar-refractivity contribution is 7.99. The Hall–Kier alpha value is -0.960. The van der Waals surface area contributed by atoms with E-state index in [-0.39, 0.29) is 11.5 Å². The molecule has 0 bridgehead atoms. The first-order chi connectivity index (χ1) is 8.39. The minimum Gasteiger partial charge on any atom is -0.480 e. The maximum atomic E-state index is 11.9. The lowest BCUT2D eigenvalue weighted by molar-refractivity contribution is -0.140. The van der Waals surface area contributed by atoms with Gasteiger partial charge >= 0.3 is 12.0 Å². The second-order valence-corrected chi connectivity index (χ2v) is 7.60. The number of sulfone groups is 1. The Kier molecular flexibility index (Phi) is 3.71. The molecule has 2 saturated heterocycles. The van der Waals surface area contributed by atoms with E-state index in [4.69, 9.17) is 5.11 Å². The minimum absolute atomic E-state index is 0.0581. The highest BCUT2D eigenvalue weighted by atomic mass is 32.2. The van der Waals surface area contributed by atoms with E-state index in [2.05, 4.69) is 5.32 Å². The minimum atomic E-state index is -3.05. The van der Waals surface area contributed by atoms with Crippen LogP contribution in [-0.2, 0) is 14.6 Å². The van der Waals surface area contributed by atoms with Crippen LogP contribution in [0.25, 0.3) is 0 Å². The molecule has 2 unspecified atom stereocenters. The molecule has 0 aromatic carbocycles. The van der Waals surface area contributed by atoms with Gasteiger partial charge in [-0.3, -0.25) is 0 Å². The number of nitrogens with one attached hydrogen (secondary N) is 1. The Bertz CT molecular complexity index is 464. The Morgan fingerprint density at radius 3 is 2.67 bits per heavy atom. The molecule has 2 amide bonds. The molecule has 2 fully saturated rings. The first-order valence-corrected chi connectivity index (χ1v) is 8.45. The average molecular weight is 294 g/mol. The summed E-state index contributed by atoms with van der Waals surface area (Å²) in [6.07, 6.45) is 0.396. The lowest BCUT2D eigenvalue weighted by Gasteiger charge is -2.22. The third kappa shape index (κ3) is 2.89. The third-order valence-corrected chi connectivity index (χ3v) is 5.77. The fraction of sp³-hybridized carbons (Fsp3) is 0.778. The molecule has 9 heteroatoms. The quantitative estimate of drug-likeness (QED) is 0.701. The van der Waals surface area contributed by atoms with Crippen LogP contribution < -0.4 is 5.32 Å². The summed E-state index contributed by atoms with van der Waals surface area (Å²) in [5.41, 5.74) is 0. The van der Waals surface area contributed by atoms with Crippen LogP contribution in [0.2, 0.25) is 0 Å². The number of nitrogens with zero attached hydrogens (tertiary/aromatic N) is 1. The third-order valence-electron chi connectivity index (χ3n) is 2.99. The first-order valence-electron chi connectivity index (χ1n) is 5.47. The van der Waals surface area contributed by atoms with Crippen LogP contribution in [0.4, 0.5) is 4.79 Å². The van der Waals surface area contributed by atoms with Gasteiger partial charge in [-0.05, 0) is 6.42 Å². The summed E-state index contributed by atoms with van der Waals surface area (Å²) in [7, 11) is -3.05. The van der Waals surface area contributed by atoms with Crippen LogP contribution in [-0.4, -0.2) is 65.6 Å². The molecule has 0 aliphatic carbocycles. The molecule has 7 nitrogen and oxygen atoms in total. The van der Waals surface area contributed by atoms with E-state index >= 15 is 0 Å². The number of thioether (sulfide) groups is 1. The van der Waals surface area contributed by atoms with Crippen molar-refractivity contribution in [3.05, 3.63) is 0 Å². The largest absolute Gasteiger partial charge is 0.480 e. The molecule has 0 aromatic rings. The van der Waals surface area contributed by atoms with Crippen molar-refractivity contribution in [3.63, 3.8) is 0 Å². The molecule has 2 rings (SSSR count). The zero-order valence-electron chi connectivity index (χ0n) is 9.53. The number of carbonyl (C=O) groups excluding carboxylic acids is 1. The summed E-state index contributed by atoms with van der Waals surface area (Å²) in [6, 6.07) is -1.72. The zero-order chi connectivity index (χ0) is 13.3. The molecule has 2 N–H and O–H groups in total. The van der Waals surface area contributed by atoms with Gasteiger partial charge in [0.1, 0.15) is 6.04 Å². The van der Waals surface area contributed by atoms with Crippen molar-refractivity contribution in [2.24, 2.45) is 0 Å². The van der Waals surface area contributed by atoms with Crippen LogP contribution in [0, 0.1) is 0 Å². The van der Waals surface area contributed by atoms with Crippen molar-refractivity contribution in [2.45, 2.75) is 18.5 Å². The van der Waals surface area contributed by atoms with Gasteiger partial charge in [-0.1, -0.05) is 0 Å². The molecule has 18 heavy (non-hydrogen) atoms. The van der Waals surface area contributed by atoms with E-state index in [1.165, 1.54) is 16.7 Å². The van der Waals surface area contributed by atoms with Gasteiger partial charge in [-0.2, -0.15) is 0 Å². The predicted octanol–water partition coefficient (Wildman–Crippen LogP) is -0.657. The Morgan fingerprint density at radius 2 is 2.11 bits per heavy atom. The number of hydrogen-bond acceptors (Lipinski definition) is 5. The molecule has 2 aliphatic heterocycles. The summed E-state index contributed by atoms with van der Waals surface area (Å²) < 4.78 is 22.5. The van der Waals surface area contributed by atoms with Crippen LogP contribution in [0.1, 0.15) is 6.42 Å². The topological polar surface area (TPSA) is 104 Å². The maximum Gasteiger partial charge on any atom is 0.327 e. The molecule has 2 atom stereocenters. The molecular formula is C9H14N2O5S2. The number of aliphatic carboxylic acids is 1. The van der Waals surface area contributed by atoms with Crippen molar-refractivity contribution < 1.29 is 23.1 Å². The number of carbonyl (C=O) groups is 2. The van der Waals surface area contributed by atoms with Gasteiger partial charge in [0, 0.05) is 11.8 Å². The number of carboxylic acids is 1. The molecule has 2 heterocycles. The maximum absolute atomic E-state index is 11.9. The van der Waals surface area contributed by atoms with Crippen LogP contribution in [0.3, 0.4) is 0 Å².